The van der Waals surface area contributed by atoms with E-state index in [9.17, 15) is 0 Å². The number of pyridine rings is 1. The lowest BCUT2D eigenvalue weighted by Crippen LogP contribution is -2.43. The summed E-state index contributed by atoms with van der Waals surface area (Å²) in [5.74, 6) is 2.73. The third-order valence-corrected chi connectivity index (χ3v) is 12.4. The summed E-state index contributed by atoms with van der Waals surface area (Å²) in [7, 11) is -1.73. The maximum atomic E-state index is 6.52. The number of ether oxygens (including phenoxy) is 1. The number of aromatic nitrogens is 4. The molecular formula is C28H40N6O3Si. The highest BCUT2D eigenvalue weighted by molar-refractivity contribution is 6.74. The van der Waals surface area contributed by atoms with Gasteiger partial charge in [0.15, 0.2) is 19.7 Å². The van der Waals surface area contributed by atoms with Crippen molar-refractivity contribution in [1.82, 2.24) is 19.6 Å². The molecule has 0 amide bonds. The molecule has 5 rings (SSSR count). The highest BCUT2D eigenvalue weighted by Crippen LogP contribution is 2.38. The predicted molar refractivity (Wildman–Crippen MR) is 153 cm³/mol. The Morgan fingerprint density at radius 3 is 2.63 bits per heavy atom. The van der Waals surface area contributed by atoms with E-state index >= 15 is 0 Å². The zero-order chi connectivity index (χ0) is 27.1. The van der Waals surface area contributed by atoms with Crippen molar-refractivity contribution in [2.45, 2.75) is 64.7 Å². The third kappa shape index (κ3) is 5.43. The molecule has 2 N–H and O–H groups in total. The quantitative estimate of drug-likeness (QED) is 0.294. The summed E-state index contributed by atoms with van der Waals surface area (Å²) >= 11 is 0. The van der Waals surface area contributed by atoms with Crippen molar-refractivity contribution in [1.29, 1.82) is 0 Å². The zero-order valence-corrected chi connectivity index (χ0v) is 24.4. The smallest absolute Gasteiger partial charge is 0.231 e. The van der Waals surface area contributed by atoms with Crippen LogP contribution in [0.1, 0.15) is 40.5 Å². The highest BCUT2D eigenvalue weighted by Gasteiger charge is 2.38. The Morgan fingerprint density at radius 1 is 1.16 bits per heavy atom. The van der Waals surface area contributed by atoms with E-state index < -0.39 is 8.32 Å². The van der Waals surface area contributed by atoms with Gasteiger partial charge in [0.1, 0.15) is 23.7 Å². The van der Waals surface area contributed by atoms with Crippen LogP contribution in [0.3, 0.4) is 0 Å². The summed E-state index contributed by atoms with van der Waals surface area (Å²) in [6.07, 6.45) is 5.79. The second kappa shape index (κ2) is 10.3. The highest BCUT2D eigenvalue weighted by atomic mass is 28.4. The summed E-state index contributed by atoms with van der Waals surface area (Å²) < 4.78 is 20.3. The number of anilines is 1. The first-order valence-electron chi connectivity index (χ1n) is 13.5. The molecule has 4 aromatic rings. The van der Waals surface area contributed by atoms with Crippen LogP contribution < -0.4 is 15.4 Å². The molecule has 0 spiro atoms. The van der Waals surface area contributed by atoms with Crippen molar-refractivity contribution in [3.8, 4) is 17.3 Å². The van der Waals surface area contributed by atoms with Crippen molar-refractivity contribution < 1.29 is 13.6 Å². The number of nitrogens with two attached hydrogens (primary N) is 1. The van der Waals surface area contributed by atoms with Gasteiger partial charge in [-0.3, -0.25) is 0 Å². The molecule has 0 saturated carbocycles. The fourth-order valence-corrected chi connectivity index (χ4v) is 5.58. The van der Waals surface area contributed by atoms with Crippen LogP contribution in [0.15, 0.2) is 41.1 Å². The Kier molecular flexibility index (Phi) is 7.23. The molecule has 0 aliphatic carbocycles. The van der Waals surface area contributed by atoms with Gasteiger partial charge in [-0.05, 0) is 62.0 Å². The van der Waals surface area contributed by atoms with E-state index in [0.29, 0.717) is 29.8 Å². The molecule has 1 aliphatic heterocycles. The summed E-state index contributed by atoms with van der Waals surface area (Å²) in [4.78, 5) is 11.6. The molecule has 0 bridgehead atoms. The molecule has 9 nitrogen and oxygen atoms in total. The minimum Gasteiger partial charge on any atom is -0.475 e. The van der Waals surface area contributed by atoms with E-state index in [1.54, 1.807) is 16.8 Å². The minimum absolute atomic E-state index is 0.0779. The Morgan fingerprint density at radius 2 is 1.92 bits per heavy atom. The average molecular weight is 537 g/mol. The molecule has 10 heteroatoms. The molecule has 0 aromatic carbocycles. The largest absolute Gasteiger partial charge is 0.475 e. The monoisotopic (exact) mass is 536 g/mol. The SMILES string of the molecule is CC(N)COc1ccc2ncc(-c3cc4c(N5CCC(CO[Si](C)(C)C(C)(C)C)CC5)nccc4o3)n2n1. The Labute approximate surface area is 225 Å². The molecule has 1 atom stereocenters. The van der Waals surface area contributed by atoms with Crippen molar-refractivity contribution in [2.75, 3.05) is 31.2 Å². The summed E-state index contributed by atoms with van der Waals surface area (Å²) in [6.45, 7) is 16.6. The van der Waals surface area contributed by atoms with Crippen LogP contribution in [0.5, 0.6) is 5.88 Å². The fourth-order valence-electron chi connectivity index (χ4n) is 4.50. The Hall–Kier alpha value is -2.95. The van der Waals surface area contributed by atoms with Crippen molar-refractivity contribution in [3.63, 3.8) is 0 Å². The number of furan rings is 1. The number of piperidine rings is 1. The van der Waals surface area contributed by atoms with E-state index in [4.69, 9.17) is 24.3 Å². The van der Waals surface area contributed by atoms with Crippen LogP contribution in [-0.2, 0) is 4.43 Å². The van der Waals surface area contributed by atoms with Crippen LogP contribution in [0, 0.1) is 5.92 Å². The normalized spacial score (nSPS) is 16.4. The molecular weight excluding hydrogens is 496 g/mol. The number of fused-ring (bicyclic) bond motifs is 2. The number of imidazole rings is 1. The third-order valence-electron chi connectivity index (χ3n) is 7.91. The van der Waals surface area contributed by atoms with Gasteiger partial charge in [0.25, 0.3) is 0 Å². The van der Waals surface area contributed by atoms with E-state index in [0.717, 1.165) is 55.0 Å². The topological polar surface area (TPSA) is 104 Å². The summed E-state index contributed by atoms with van der Waals surface area (Å²) in [6, 6.07) is 7.56. The second-order valence-electron chi connectivity index (χ2n) is 12.0. The van der Waals surface area contributed by atoms with Crippen LogP contribution in [0.2, 0.25) is 18.1 Å². The molecule has 38 heavy (non-hydrogen) atoms. The van der Waals surface area contributed by atoms with Gasteiger partial charge in [0.05, 0.1) is 11.6 Å². The van der Waals surface area contributed by atoms with E-state index in [1.165, 1.54) is 0 Å². The van der Waals surface area contributed by atoms with E-state index in [-0.39, 0.29) is 11.1 Å². The molecule has 1 unspecified atom stereocenters. The van der Waals surface area contributed by atoms with Gasteiger partial charge in [-0.1, -0.05) is 20.8 Å². The van der Waals surface area contributed by atoms with Gasteiger partial charge in [-0.2, -0.15) is 0 Å². The Balaban J connectivity index is 1.33. The maximum Gasteiger partial charge on any atom is 0.231 e. The first-order chi connectivity index (χ1) is 18.0. The van der Waals surface area contributed by atoms with Gasteiger partial charge in [-0.15, -0.1) is 5.10 Å². The van der Waals surface area contributed by atoms with E-state index in [2.05, 4.69) is 48.8 Å². The molecule has 4 aromatic heterocycles. The lowest BCUT2D eigenvalue weighted by molar-refractivity contribution is 0.205. The standard InChI is InChI=1S/C28H40N6O3Si/c1-19(29)17-35-26-8-7-25-31-16-22(34(25)32-26)24-15-21-23(37-24)9-12-30-27(21)33-13-10-20(11-14-33)18-36-38(5,6)28(2,3)4/h7-9,12,15-16,19-20H,10-11,13-14,17-18,29H2,1-6H3. The van der Waals surface area contributed by atoms with Crippen LogP contribution in [0.25, 0.3) is 28.1 Å². The molecule has 1 aliphatic rings. The van der Waals surface area contributed by atoms with Crippen molar-refractivity contribution >= 4 is 30.8 Å². The number of hydrogen-bond donors (Lipinski definition) is 1. The first-order valence-corrected chi connectivity index (χ1v) is 16.4. The van der Waals surface area contributed by atoms with Crippen molar-refractivity contribution in [3.05, 3.63) is 36.7 Å². The van der Waals surface area contributed by atoms with Gasteiger partial charge >= 0.3 is 0 Å². The van der Waals surface area contributed by atoms with Crippen LogP contribution >= 0.6 is 0 Å². The molecule has 1 saturated heterocycles. The molecule has 0 radical (unpaired) electrons. The number of rotatable bonds is 8. The lowest BCUT2D eigenvalue weighted by Gasteiger charge is -2.39. The first kappa shape index (κ1) is 26.6. The van der Waals surface area contributed by atoms with Crippen molar-refractivity contribution in [2.24, 2.45) is 11.7 Å². The molecule has 1 fully saturated rings. The summed E-state index contributed by atoms with van der Waals surface area (Å²) in [5.41, 5.74) is 8.10. The minimum atomic E-state index is -1.73. The average Bonchev–Trinajstić information content (AvgIpc) is 3.49. The second-order valence-corrected chi connectivity index (χ2v) is 16.8. The van der Waals surface area contributed by atoms with Gasteiger partial charge in [-0.25, -0.2) is 14.5 Å². The van der Waals surface area contributed by atoms with Gasteiger partial charge in [0.2, 0.25) is 5.88 Å². The maximum absolute atomic E-state index is 6.52. The van der Waals surface area contributed by atoms with Crippen LogP contribution in [0.4, 0.5) is 5.82 Å². The number of nitrogens with zero attached hydrogens (tertiary/aromatic N) is 5. The zero-order valence-electron chi connectivity index (χ0n) is 23.4. The van der Waals surface area contributed by atoms with Gasteiger partial charge < -0.3 is 24.2 Å². The van der Waals surface area contributed by atoms with E-state index in [1.807, 2.05) is 31.3 Å². The molecule has 204 valence electrons. The Bertz CT molecular complexity index is 1400. The molecule has 5 heterocycles. The van der Waals surface area contributed by atoms with Crippen LogP contribution in [-0.4, -0.2) is 60.2 Å². The lowest BCUT2D eigenvalue weighted by atomic mass is 9.98. The van der Waals surface area contributed by atoms with Gasteiger partial charge in [0, 0.05) is 38.0 Å². The summed E-state index contributed by atoms with van der Waals surface area (Å²) in [5, 5.41) is 5.84. The number of hydrogen-bond acceptors (Lipinski definition) is 8. The predicted octanol–water partition coefficient (Wildman–Crippen LogP) is 5.50. The fraction of sp³-hybridized carbons (Fsp3) is 0.536.